The van der Waals surface area contributed by atoms with Crippen molar-refractivity contribution in [3.63, 3.8) is 0 Å². The van der Waals surface area contributed by atoms with E-state index in [1.165, 1.54) is 18.8 Å². The zero-order valence-corrected chi connectivity index (χ0v) is 11.4. The first-order valence-electron chi connectivity index (χ1n) is 4.48. The summed E-state index contributed by atoms with van der Waals surface area (Å²) in [7, 11) is 10.5. The number of halogens is 1. The summed E-state index contributed by atoms with van der Waals surface area (Å²) in [4.78, 5) is 4.53. The van der Waals surface area contributed by atoms with Crippen molar-refractivity contribution in [2.24, 2.45) is 0 Å². The van der Waals surface area contributed by atoms with Gasteiger partial charge in [0.25, 0.3) is 0 Å². The lowest BCUT2D eigenvalue weighted by Gasteiger charge is -2.20. The molecule has 0 bridgehead atoms. The summed E-state index contributed by atoms with van der Waals surface area (Å²) in [5, 5.41) is 0. The van der Waals surface area contributed by atoms with Crippen LogP contribution in [0.3, 0.4) is 0 Å². The minimum absolute atomic E-state index is 0. The summed E-state index contributed by atoms with van der Waals surface area (Å²) in [5.41, 5.74) is 0. The average Bonchev–Trinajstić information content (AvgIpc) is 2.64. The van der Waals surface area contributed by atoms with Gasteiger partial charge in [0.2, 0.25) is 0 Å². The van der Waals surface area contributed by atoms with E-state index in [-0.39, 0.29) is 24.0 Å². The number of hydrogen-bond donors (Lipinski definition) is 0. The Morgan fingerprint density at radius 1 is 1.15 bits per heavy atom. The third kappa shape index (κ3) is 3.32. The van der Waals surface area contributed by atoms with E-state index in [4.69, 9.17) is 0 Å². The summed E-state index contributed by atoms with van der Waals surface area (Å²) in [6, 6.07) is 0.782. The Bertz CT molecular complexity index is 193. The maximum absolute atomic E-state index is 2.36. The van der Waals surface area contributed by atoms with Crippen molar-refractivity contribution in [3.05, 3.63) is 0 Å². The zero-order valence-electron chi connectivity index (χ0n) is 9.21. The number of guanidine groups is 1. The van der Waals surface area contributed by atoms with Crippen LogP contribution in [0.1, 0.15) is 12.8 Å². The third-order valence-electron chi connectivity index (χ3n) is 2.21. The standard InChI is InChI=1S/C9H20N3.HI/c1-10(2)9(11(3)4)12(5)8-6-7-8;/h8H,6-7H2,1-5H3;1H/q+1;/p-1. The van der Waals surface area contributed by atoms with Crippen LogP contribution in [0.15, 0.2) is 0 Å². The second-order valence-electron chi connectivity index (χ2n) is 3.93. The van der Waals surface area contributed by atoms with Gasteiger partial charge in [0, 0.05) is 0 Å². The molecular formula is C9H20IN3. The lowest BCUT2D eigenvalue weighted by Crippen LogP contribution is -3.00. The Balaban J connectivity index is 0.00000144. The summed E-state index contributed by atoms with van der Waals surface area (Å²) >= 11 is 0. The molecule has 0 heterocycles. The SMILES string of the molecule is CN(C)C(N(C)C1CC1)=[N+](C)C.[I-]. The highest BCUT2D eigenvalue weighted by atomic mass is 127. The highest BCUT2D eigenvalue weighted by molar-refractivity contribution is 5.75. The van der Waals surface area contributed by atoms with Crippen LogP contribution in [0.4, 0.5) is 0 Å². The number of rotatable bonds is 1. The van der Waals surface area contributed by atoms with Crippen LogP contribution in [0.2, 0.25) is 0 Å². The molecule has 1 aliphatic rings. The molecule has 78 valence electrons. The summed E-state index contributed by atoms with van der Waals surface area (Å²) < 4.78 is 2.16. The van der Waals surface area contributed by atoms with E-state index >= 15 is 0 Å². The normalized spacial score (nSPS) is 14.5. The molecule has 0 aliphatic heterocycles. The van der Waals surface area contributed by atoms with Gasteiger partial charge in [-0.15, -0.1) is 0 Å². The molecule has 3 nitrogen and oxygen atoms in total. The molecule has 4 heteroatoms. The Labute approximate surface area is 98.4 Å². The minimum Gasteiger partial charge on any atom is -1.00 e. The molecule has 0 atom stereocenters. The van der Waals surface area contributed by atoms with Crippen molar-refractivity contribution in [1.82, 2.24) is 9.80 Å². The van der Waals surface area contributed by atoms with E-state index in [1.807, 2.05) is 0 Å². The summed E-state index contributed by atoms with van der Waals surface area (Å²) in [6.07, 6.45) is 2.70. The molecule has 0 aromatic heterocycles. The van der Waals surface area contributed by atoms with E-state index in [1.54, 1.807) is 0 Å². The van der Waals surface area contributed by atoms with Crippen LogP contribution < -0.4 is 24.0 Å². The maximum Gasteiger partial charge on any atom is 0.349 e. The van der Waals surface area contributed by atoms with Gasteiger partial charge in [-0.25, -0.2) is 0 Å². The van der Waals surface area contributed by atoms with Gasteiger partial charge in [-0.2, -0.15) is 0 Å². The van der Waals surface area contributed by atoms with E-state index in [0.717, 1.165) is 6.04 Å². The van der Waals surface area contributed by atoms with E-state index in [2.05, 4.69) is 49.6 Å². The average molecular weight is 297 g/mol. The first-order chi connectivity index (χ1) is 5.54. The van der Waals surface area contributed by atoms with E-state index < -0.39 is 0 Å². The van der Waals surface area contributed by atoms with Gasteiger partial charge < -0.3 is 24.0 Å². The van der Waals surface area contributed by atoms with Gasteiger partial charge in [-0.05, 0) is 12.8 Å². The van der Waals surface area contributed by atoms with Crippen LogP contribution in [0.25, 0.3) is 0 Å². The number of hydrogen-bond acceptors (Lipinski definition) is 0. The van der Waals surface area contributed by atoms with Crippen molar-refractivity contribution >= 4 is 5.96 Å². The smallest absolute Gasteiger partial charge is 0.349 e. The molecule has 0 spiro atoms. The Hall–Kier alpha value is 0. The minimum atomic E-state index is 0. The fraction of sp³-hybridized carbons (Fsp3) is 0.889. The molecule has 0 aromatic rings. The Kier molecular flexibility index (Phi) is 5.02. The van der Waals surface area contributed by atoms with Crippen molar-refractivity contribution in [2.45, 2.75) is 18.9 Å². The second-order valence-corrected chi connectivity index (χ2v) is 3.93. The summed E-state index contributed by atoms with van der Waals surface area (Å²) in [5.74, 6) is 1.29. The van der Waals surface area contributed by atoms with E-state index in [0.29, 0.717) is 0 Å². The molecule has 0 N–H and O–H groups in total. The van der Waals surface area contributed by atoms with Gasteiger partial charge in [0.1, 0.15) is 0 Å². The van der Waals surface area contributed by atoms with Crippen molar-refractivity contribution in [2.75, 3.05) is 35.2 Å². The number of nitrogens with zero attached hydrogens (tertiary/aromatic N) is 3. The van der Waals surface area contributed by atoms with Gasteiger partial charge >= 0.3 is 5.96 Å². The first-order valence-corrected chi connectivity index (χ1v) is 4.48. The third-order valence-corrected chi connectivity index (χ3v) is 2.21. The predicted octanol–water partition coefficient (Wildman–Crippen LogP) is -2.73. The van der Waals surface area contributed by atoms with Gasteiger partial charge in [0.05, 0.1) is 41.3 Å². The molecule has 0 radical (unpaired) electrons. The topological polar surface area (TPSA) is 9.49 Å². The Morgan fingerprint density at radius 2 is 1.62 bits per heavy atom. The molecule has 1 aliphatic carbocycles. The largest absolute Gasteiger partial charge is 1.00 e. The van der Waals surface area contributed by atoms with Crippen molar-refractivity contribution < 1.29 is 28.6 Å². The molecule has 1 saturated carbocycles. The van der Waals surface area contributed by atoms with Crippen LogP contribution in [-0.4, -0.2) is 61.6 Å². The molecule has 0 aromatic carbocycles. The first kappa shape index (κ1) is 13.0. The van der Waals surface area contributed by atoms with Gasteiger partial charge in [0.15, 0.2) is 0 Å². The highest BCUT2D eigenvalue weighted by Gasteiger charge is 2.34. The highest BCUT2D eigenvalue weighted by Crippen LogP contribution is 2.25. The van der Waals surface area contributed by atoms with Gasteiger partial charge in [-0.3, -0.25) is 14.4 Å². The molecule has 0 unspecified atom stereocenters. The molecule has 1 rings (SSSR count). The monoisotopic (exact) mass is 297 g/mol. The molecular weight excluding hydrogens is 277 g/mol. The fourth-order valence-corrected chi connectivity index (χ4v) is 1.66. The van der Waals surface area contributed by atoms with Crippen LogP contribution in [-0.2, 0) is 0 Å². The molecule has 0 saturated heterocycles. The van der Waals surface area contributed by atoms with Crippen molar-refractivity contribution in [1.29, 1.82) is 0 Å². The lowest BCUT2D eigenvalue weighted by molar-refractivity contribution is -0.475. The Morgan fingerprint density at radius 3 is 1.85 bits per heavy atom. The molecule has 13 heavy (non-hydrogen) atoms. The van der Waals surface area contributed by atoms with E-state index in [9.17, 15) is 0 Å². The van der Waals surface area contributed by atoms with Gasteiger partial charge in [-0.1, -0.05) is 0 Å². The summed E-state index contributed by atoms with van der Waals surface area (Å²) in [6.45, 7) is 0. The van der Waals surface area contributed by atoms with Crippen LogP contribution >= 0.6 is 0 Å². The zero-order chi connectivity index (χ0) is 9.30. The predicted molar refractivity (Wildman–Crippen MR) is 51.6 cm³/mol. The van der Waals surface area contributed by atoms with Crippen LogP contribution in [0.5, 0.6) is 0 Å². The maximum atomic E-state index is 2.36. The quantitative estimate of drug-likeness (QED) is 0.225. The molecule has 1 fully saturated rings. The molecule has 0 amide bonds. The van der Waals surface area contributed by atoms with Crippen molar-refractivity contribution in [3.8, 4) is 0 Å². The van der Waals surface area contributed by atoms with Crippen LogP contribution in [0, 0.1) is 0 Å². The second kappa shape index (κ2) is 5.02. The lowest BCUT2D eigenvalue weighted by atomic mass is 10.5. The fourth-order valence-electron chi connectivity index (χ4n) is 1.66.